The van der Waals surface area contributed by atoms with Gasteiger partial charge in [0.05, 0.1) is 17.4 Å². The second-order valence-corrected chi connectivity index (χ2v) is 2.96. The zero-order valence-electron chi connectivity index (χ0n) is 7.73. The molecule has 1 aromatic carbocycles. The maximum Gasteiger partial charge on any atom is 0.0703 e. The molecule has 4 heteroatoms. The number of hydrogen-bond donors (Lipinski definition) is 1. The molecular weight excluding hydrogens is 219 g/mol. The summed E-state index contributed by atoms with van der Waals surface area (Å²) in [6.07, 6.45) is 1.68. The first kappa shape index (κ1) is 13.0. The Labute approximate surface area is 95.3 Å². The molecule has 2 rings (SSSR count). The van der Waals surface area contributed by atoms with Gasteiger partial charge in [-0.25, -0.2) is 0 Å². The summed E-state index contributed by atoms with van der Waals surface area (Å²) in [4.78, 5) is 4.20. The van der Waals surface area contributed by atoms with Crippen molar-refractivity contribution in [2.45, 2.75) is 6.92 Å². The second kappa shape index (κ2) is 5.03. The second-order valence-electron chi connectivity index (χ2n) is 2.96. The minimum absolute atomic E-state index is 0. The van der Waals surface area contributed by atoms with Gasteiger partial charge in [0.25, 0.3) is 0 Å². The Bertz CT molecular complexity index is 393. The molecule has 0 bridgehead atoms. The van der Waals surface area contributed by atoms with E-state index >= 15 is 0 Å². The number of rotatable bonds is 0. The highest BCUT2D eigenvalue weighted by molar-refractivity contribution is 5.85. The van der Waals surface area contributed by atoms with Crippen LogP contribution in [0.25, 0.3) is 10.9 Å². The van der Waals surface area contributed by atoms with Gasteiger partial charge in [-0.2, -0.15) is 0 Å². The number of halogens is 2. The number of aryl methyl sites for hydroxylation is 1. The number of nitrogens with zero attached hydrogens (tertiary/aromatic N) is 1. The number of pyridine rings is 1. The lowest BCUT2D eigenvalue weighted by molar-refractivity contribution is 1.40. The number of nitrogens with two attached hydrogens (primary N) is 1. The number of anilines is 1. The maximum absolute atomic E-state index is 5.61. The predicted octanol–water partition coefficient (Wildman–Crippen LogP) is 2.97. The Kier molecular flexibility index (Phi) is 4.68. The molecule has 0 radical (unpaired) electrons. The Morgan fingerprint density at radius 3 is 2.57 bits per heavy atom. The number of benzene rings is 1. The molecule has 0 aliphatic rings. The third-order valence-corrected chi connectivity index (χ3v) is 1.86. The van der Waals surface area contributed by atoms with Crippen molar-refractivity contribution < 1.29 is 0 Å². The van der Waals surface area contributed by atoms with E-state index in [0.717, 1.165) is 10.9 Å². The first-order valence-corrected chi connectivity index (χ1v) is 3.87. The van der Waals surface area contributed by atoms with Crippen molar-refractivity contribution in [3.8, 4) is 0 Å². The molecule has 0 saturated heterocycles. The van der Waals surface area contributed by atoms with Gasteiger partial charge in [0.2, 0.25) is 0 Å². The normalized spacial score (nSPS) is 8.93. The smallest absolute Gasteiger partial charge is 0.0703 e. The molecule has 0 spiro atoms. The van der Waals surface area contributed by atoms with E-state index in [1.54, 1.807) is 6.20 Å². The van der Waals surface area contributed by atoms with Crippen molar-refractivity contribution in [3.63, 3.8) is 0 Å². The highest BCUT2D eigenvalue weighted by Crippen LogP contribution is 2.15. The quantitative estimate of drug-likeness (QED) is 0.756. The van der Waals surface area contributed by atoms with Gasteiger partial charge in [0.1, 0.15) is 0 Å². The molecule has 0 aliphatic carbocycles. The van der Waals surface area contributed by atoms with E-state index in [2.05, 4.69) is 18.0 Å². The lowest BCUT2D eigenvalue weighted by Gasteiger charge is -1.99. The SMILES string of the molecule is Cc1ccc2ncc(N)cc2c1.Cl.Cl. The summed E-state index contributed by atoms with van der Waals surface area (Å²) in [6, 6.07) is 8.07. The van der Waals surface area contributed by atoms with Crippen LogP contribution >= 0.6 is 24.8 Å². The molecule has 14 heavy (non-hydrogen) atoms. The summed E-state index contributed by atoms with van der Waals surface area (Å²) in [5.74, 6) is 0. The van der Waals surface area contributed by atoms with Crippen LogP contribution in [0.4, 0.5) is 5.69 Å². The summed E-state index contributed by atoms with van der Waals surface area (Å²) >= 11 is 0. The summed E-state index contributed by atoms with van der Waals surface area (Å²) in [5.41, 5.74) is 8.55. The first-order valence-electron chi connectivity index (χ1n) is 3.87. The van der Waals surface area contributed by atoms with Gasteiger partial charge < -0.3 is 5.73 Å². The summed E-state index contributed by atoms with van der Waals surface area (Å²) in [5, 5.41) is 1.11. The van der Waals surface area contributed by atoms with E-state index in [-0.39, 0.29) is 24.8 Å². The molecule has 76 valence electrons. The zero-order valence-corrected chi connectivity index (χ0v) is 9.36. The molecule has 1 heterocycles. The van der Waals surface area contributed by atoms with Crippen LogP contribution in [0, 0.1) is 6.92 Å². The number of aromatic nitrogens is 1. The van der Waals surface area contributed by atoms with Gasteiger partial charge in [-0.3, -0.25) is 4.98 Å². The van der Waals surface area contributed by atoms with Crippen LogP contribution in [-0.2, 0) is 0 Å². The number of fused-ring (bicyclic) bond motifs is 1. The summed E-state index contributed by atoms with van der Waals surface area (Å²) < 4.78 is 0. The topological polar surface area (TPSA) is 38.9 Å². The molecule has 0 fully saturated rings. The van der Waals surface area contributed by atoms with Crippen LogP contribution in [-0.4, -0.2) is 4.98 Å². The van der Waals surface area contributed by atoms with Crippen LogP contribution in [0.3, 0.4) is 0 Å². The average Bonchev–Trinajstić information content (AvgIpc) is 2.03. The van der Waals surface area contributed by atoms with Crippen molar-refractivity contribution in [3.05, 3.63) is 36.0 Å². The van der Waals surface area contributed by atoms with E-state index in [1.807, 2.05) is 18.2 Å². The fraction of sp³-hybridized carbons (Fsp3) is 0.100. The maximum atomic E-state index is 5.61. The minimum Gasteiger partial charge on any atom is -0.397 e. The third kappa shape index (κ3) is 2.50. The van der Waals surface area contributed by atoms with Gasteiger partial charge >= 0.3 is 0 Å². The molecule has 2 nitrogen and oxygen atoms in total. The Hall–Kier alpha value is -0.990. The molecule has 2 aromatic rings. The van der Waals surface area contributed by atoms with E-state index in [0.29, 0.717) is 5.69 Å². The van der Waals surface area contributed by atoms with Crippen molar-refractivity contribution in [1.82, 2.24) is 4.98 Å². The number of nitrogen functional groups attached to an aromatic ring is 1. The highest BCUT2D eigenvalue weighted by Gasteiger charge is 1.94. The monoisotopic (exact) mass is 230 g/mol. The van der Waals surface area contributed by atoms with Gasteiger partial charge in [0, 0.05) is 5.39 Å². The third-order valence-electron chi connectivity index (χ3n) is 1.86. The molecule has 0 unspecified atom stereocenters. The van der Waals surface area contributed by atoms with Crippen LogP contribution in [0.2, 0.25) is 0 Å². The van der Waals surface area contributed by atoms with Gasteiger partial charge in [-0.1, -0.05) is 11.6 Å². The molecule has 0 atom stereocenters. The highest BCUT2D eigenvalue weighted by atomic mass is 35.5. The van der Waals surface area contributed by atoms with Crippen LogP contribution < -0.4 is 5.73 Å². The van der Waals surface area contributed by atoms with E-state index in [9.17, 15) is 0 Å². The van der Waals surface area contributed by atoms with Gasteiger partial charge in [-0.15, -0.1) is 24.8 Å². The Morgan fingerprint density at radius 1 is 1.14 bits per heavy atom. The molecular formula is C10H12Cl2N2. The van der Waals surface area contributed by atoms with Gasteiger partial charge in [0.15, 0.2) is 0 Å². The lowest BCUT2D eigenvalue weighted by atomic mass is 10.1. The molecule has 2 N–H and O–H groups in total. The average molecular weight is 231 g/mol. The van der Waals surface area contributed by atoms with Crippen LogP contribution in [0.15, 0.2) is 30.5 Å². The fourth-order valence-corrected chi connectivity index (χ4v) is 1.27. The van der Waals surface area contributed by atoms with Crippen molar-refractivity contribution in [2.75, 3.05) is 5.73 Å². The van der Waals surface area contributed by atoms with Crippen molar-refractivity contribution >= 4 is 41.4 Å². The largest absolute Gasteiger partial charge is 0.397 e. The lowest BCUT2D eigenvalue weighted by Crippen LogP contribution is -1.87. The molecule has 0 aliphatic heterocycles. The standard InChI is InChI=1S/C10H10N2.2ClH/c1-7-2-3-10-8(4-7)5-9(11)6-12-10;;/h2-6H,11H2,1H3;2*1H. The van der Waals surface area contributed by atoms with E-state index in [4.69, 9.17) is 5.73 Å². The predicted molar refractivity (Wildman–Crippen MR) is 65.4 cm³/mol. The molecule has 0 amide bonds. The Balaban J connectivity index is 0.000000845. The van der Waals surface area contributed by atoms with Crippen molar-refractivity contribution in [2.24, 2.45) is 0 Å². The van der Waals surface area contributed by atoms with E-state index < -0.39 is 0 Å². The zero-order chi connectivity index (χ0) is 8.55. The fourth-order valence-electron chi connectivity index (χ4n) is 1.27. The Morgan fingerprint density at radius 2 is 1.86 bits per heavy atom. The van der Waals surface area contributed by atoms with Crippen molar-refractivity contribution in [1.29, 1.82) is 0 Å². The molecule has 1 aromatic heterocycles. The van der Waals surface area contributed by atoms with Crippen LogP contribution in [0.5, 0.6) is 0 Å². The summed E-state index contributed by atoms with van der Waals surface area (Å²) in [7, 11) is 0. The molecule has 0 saturated carbocycles. The summed E-state index contributed by atoms with van der Waals surface area (Å²) in [6.45, 7) is 2.06. The van der Waals surface area contributed by atoms with E-state index in [1.165, 1.54) is 5.56 Å². The van der Waals surface area contributed by atoms with Gasteiger partial charge in [-0.05, 0) is 25.1 Å². The first-order chi connectivity index (χ1) is 5.75. The number of hydrogen-bond acceptors (Lipinski definition) is 2. The van der Waals surface area contributed by atoms with Crippen LogP contribution in [0.1, 0.15) is 5.56 Å². The minimum atomic E-state index is 0.